The highest BCUT2D eigenvalue weighted by atomic mass is 19.4. The Bertz CT molecular complexity index is 882. The number of amides is 1. The van der Waals surface area contributed by atoms with Crippen molar-refractivity contribution in [3.8, 4) is 17.2 Å². The van der Waals surface area contributed by atoms with Gasteiger partial charge in [0.05, 0.1) is 11.6 Å². The molecular formula is C21H20F3NO4. The number of likely N-dealkylation sites (tertiary alicyclic amines) is 1. The van der Waals surface area contributed by atoms with E-state index in [1.165, 1.54) is 12.1 Å². The number of carbonyl (C=O) groups is 1. The van der Waals surface area contributed by atoms with Crippen LogP contribution in [0.3, 0.4) is 0 Å². The van der Waals surface area contributed by atoms with E-state index < -0.39 is 11.7 Å². The number of benzene rings is 2. The summed E-state index contributed by atoms with van der Waals surface area (Å²) in [7, 11) is 0. The second-order valence-electron chi connectivity index (χ2n) is 6.96. The average Bonchev–Trinajstić information content (AvgIpc) is 3.21. The molecule has 2 aromatic carbocycles. The molecule has 0 saturated carbocycles. The summed E-state index contributed by atoms with van der Waals surface area (Å²) < 4.78 is 54.5. The van der Waals surface area contributed by atoms with Crippen LogP contribution in [0, 0.1) is 0 Å². The molecule has 0 aliphatic carbocycles. The molecule has 1 fully saturated rings. The number of fused-ring (bicyclic) bond motifs is 1. The van der Waals surface area contributed by atoms with Gasteiger partial charge in [0.1, 0.15) is 19.0 Å². The van der Waals surface area contributed by atoms with Crippen LogP contribution in [0.2, 0.25) is 0 Å². The first-order valence-corrected chi connectivity index (χ1v) is 9.41. The highest BCUT2D eigenvalue weighted by Crippen LogP contribution is 2.38. The largest absolute Gasteiger partial charge is 0.486 e. The zero-order valence-electron chi connectivity index (χ0n) is 15.6. The Labute approximate surface area is 166 Å². The lowest BCUT2D eigenvalue weighted by atomic mass is 10.0. The van der Waals surface area contributed by atoms with E-state index in [0.717, 1.165) is 30.5 Å². The van der Waals surface area contributed by atoms with Crippen molar-refractivity contribution in [1.82, 2.24) is 4.90 Å². The Morgan fingerprint density at radius 2 is 1.79 bits per heavy atom. The maximum absolute atomic E-state index is 12.7. The van der Waals surface area contributed by atoms with E-state index in [0.29, 0.717) is 31.3 Å². The summed E-state index contributed by atoms with van der Waals surface area (Å²) in [6.45, 7) is 1.38. The number of halogens is 3. The fraction of sp³-hybridized carbons (Fsp3) is 0.381. The third-order valence-electron chi connectivity index (χ3n) is 5.07. The molecule has 1 saturated heterocycles. The fourth-order valence-electron chi connectivity index (χ4n) is 3.65. The minimum absolute atomic E-state index is 0.0884. The number of nitrogens with zero attached hydrogens (tertiary/aromatic N) is 1. The molecule has 4 rings (SSSR count). The first-order valence-electron chi connectivity index (χ1n) is 9.41. The molecular weight excluding hydrogens is 387 g/mol. The summed E-state index contributed by atoms with van der Waals surface area (Å²) in [6.07, 6.45) is -2.71. The van der Waals surface area contributed by atoms with Crippen LogP contribution in [0.1, 0.15) is 30.0 Å². The van der Waals surface area contributed by atoms with Gasteiger partial charge in [-0.15, -0.1) is 0 Å². The molecule has 154 valence electrons. The summed E-state index contributed by atoms with van der Waals surface area (Å²) in [6, 6.07) is 9.92. The van der Waals surface area contributed by atoms with Crippen LogP contribution >= 0.6 is 0 Å². The second-order valence-corrected chi connectivity index (χ2v) is 6.96. The molecule has 1 atom stereocenters. The predicted octanol–water partition coefficient (Wildman–Crippen LogP) is 4.22. The van der Waals surface area contributed by atoms with Crippen molar-refractivity contribution >= 4 is 5.91 Å². The molecule has 2 heterocycles. The van der Waals surface area contributed by atoms with E-state index in [4.69, 9.17) is 14.2 Å². The molecule has 1 unspecified atom stereocenters. The number of ether oxygens (including phenoxy) is 3. The Morgan fingerprint density at radius 3 is 2.52 bits per heavy atom. The molecule has 0 spiro atoms. The summed E-state index contributed by atoms with van der Waals surface area (Å²) >= 11 is 0. The Morgan fingerprint density at radius 1 is 1.07 bits per heavy atom. The molecule has 0 bridgehead atoms. The van der Waals surface area contributed by atoms with Crippen molar-refractivity contribution in [1.29, 1.82) is 0 Å². The molecule has 0 N–H and O–H groups in total. The summed E-state index contributed by atoms with van der Waals surface area (Å²) in [4.78, 5) is 14.4. The third kappa shape index (κ3) is 4.26. The smallest absolute Gasteiger partial charge is 0.416 e. The third-order valence-corrected chi connectivity index (χ3v) is 5.07. The van der Waals surface area contributed by atoms with Crippen molar-refractivity contribution in [2.75, 3.05) is 26.4 Å². The van der Waals surface area contributed by atoms with Gasteiger partial charge in [-0.3, -0.25) is 4.79 Å². The van der Waals surface area contributed by atoms with Gasteiger partial charge in [-0.1, -0.05) is 6.07 Å². The van der Waals surface area contributed by atoms with Gasteiger partial charge >= 0.3 is 6.18 Å². The highest BCUT2D eigenvalue weighted by molar-refractivity contribution is 5.78. The number of hydrogen-bond donors (Lipinski definition) is 0. The molecule has 1 amide bonds. The quantitative estimate of drug-likeness (QED) is 0.762. The standard InChI is InChI=1S/C21H20F3NO4/c22-21(23,24)15-4-6-16(7-5-15)29-13-20(26)25-9-1-2-17(25)14-3-8-18-19(12-14)28-11-10-27-18/h3-8,12,17H,1-2,9-11,13H2. The maximum atomic E-state index is 12.7. The zero-order chi connectivity index (χ0) is 20.4. The van der Waals surface area contributed by atoms with E-state index in [1.807, 2.05) is 18.2 Å². The monoisotopic (exact) mass is 407 g/mol. The van der Waals surface area contributed by atoms with Crippen LogP contribution < -0.4 is 14.2 Å². The van der Waals surface area contributed by atoms with Crippen LogP contribution in [-0.4, -0.2) is 37.2 Å². The van der Waals surface area contributed by atoms with E-state index in [2.05, 4.69) is 0 Å². The lowest BCUT2D eigenvalue weighted by Crippen LogP contribution is -2.34. The van der Waals surface area contributed by atoms with Crippen LogP contribution in [0.15, 0.2) is 42.5 Å². The Kier molecular flexibility index (Phi) is 5.25. The van der Waals surface area contributed by atoms with Gasteiger partial charge in [-0.25, -0.2) is 0 Å². The maximum Gasteiger partial charge on any atom is 0.416 e. The van der Waals surface area contributed by atoms with Gasteiger partial charge in [0.2, 0.25) is 0 Å². The van der Waals surface area contributed by atoms with Crippen molar-refractivity contribution in [3.05, 3.63) is 53.6 Å². The molecule has 2 aliphatic heterocycles. The SMILES string of the molecule is O=C(COc1ccc(C(F)(F)F)cc1)N1CCCC1c1ccc2c(c1)OCCO2. The highest BCUT2D eigenvalue weighted by Gasteiger charge is 2.32. The van der Waals surface area contributed by atoms with Crippen molar-refractivity contribution in [2.24, 2.45) is 0 Å². The van der Waals surface area contributed by atoms with Gasteiger partial charge in [-0.2, -0.15) is 13.2 Å². The second kappa shape index (κ2) is 7.85. The molecule has 0 radical (unpaired) electrons. The predicted molar refractivity (Wildman–Crippen MR) is 98.1 cm³/mol. The molecule has 5 nitrogen and oxygen atoms in total. The van der Waals surface area contributed by atoms with E-state index in [-0.39, 0.29) is 24.3 Å². The molecule has 29 heavy (non-hydrogen) atoms. The lowest BCUT2D eigenvalue weighted by molar-refractivity contribution is -0.138. The van der Waals surface area contributed by atoms with Gasteiger partial charge in [0.25, 0.3) is 5.91 Å². The average molecular weight is 407 g/mol. The Hall–Kier alpha value is -2.90. The van der Waals surface area contributed by atoms with Crippen LogP contribution in [0.4, 0.5) is 13.2 Å². The summed E-state index contributed by atoms with van der Waals surface area (Å²) in [5, 5.41) is 0. The summed E-state index contributed by atoms with van der Waals surface area (Å²) in [5.74, 6) is 1.39. The lowest BCUT2D eigenvalue weighted by Gasteiger charge is -2.26. The fourth-order valence-corrected chi connectivity index (χ4v) is 3.65. The van der Waals surface area contributed by atoms with Gasteiger partial charge < -0.3 is 19.1 Å². The van der Waals surface area contributed by atoms with Crippen LogP contribution in [0.5, 0.6) is 17.2 Å². The van der Waals surface area contributed by atoms with Gasteiger partial charge in [0.15, 0.2) is 18.1 Å². The molecule has 2 aliphatic rings. The number of hydrogen-bond acceptors (Lipinski definition) is 4. The van der Waals surface area contributed by atoms with Crippen LogP contribution in [-0.2, 0) is 11.0 Å². The van der Waals surface area contributed by atoms with E-state index >= 15 is 0 Å². The molecule has 2 aromatic rings. The molecule has 8 heteroatoms. The molecule has 0 aromatic heterocycles. The van der Waals surface area contributed by atoms with Crippen LogP contribution in [0.25, 0.3) is 0 Å². The first kappa shape index (κ1) is 19.4. The Balaban J connectivity index is 1.40. The van der Waals surface area contributed by atoms with Gasteiger partial charge in [0, 0.05) is 6.54 Å². The minimum Gasteiger partial charge on any atom is -0.486 e. The van der Waals surface area contributed by atoms with E-state index in [1.54, 1.807) is 4.90 Å². The number of alkyl halides is 3. The minimum atomic E-state index is -4.40. The topological polar surface area (TPSA) is 48.0 Å². The normalized spacial score (nSPS) is 18.6. The first-order chi connectivity index (χ1) is 13.9. The van der Waals surface area contributed by atoms with Crippen molar-refractivity contribution in [3.63, 3.8) is 0 Å². The van der Waals surface area contributed by atoms with Crippen molar-refractivity contribution < 1.29 is 32.2 Å². The van der Waals surface area contributed by atoms with E-state index in [9.17, 15) is 18.0 Å². The van der Waals surface area contributed by atoms with Gasteiger partial charge in [-0.05, 0) is 54.8 Å². The van der Waals surface area contributed by atoms with Crippen molar-refractivity contribution in [2.45, 2.75) is 25.1 Å². The number of carbonyl (C=O) groups excluding carboxylic acids is 1. The summed E-state index contributed by atoms with van der Waals surface area (Å²) in [5.41, 5.74) is 0.212. The number of rotatable bonds is 4. The zero-order valence-corrected chi connectivity index (χ0v) is 15.6.